The van der Waals surface area contributed by atoms with Crippen LogP contribution in [0.3, 0.4) is 0 Å². The molecular formula is C11H13NO2. The molecule has 1 N–H and O–H groups in total. The fourth-order valence-corrected chi connectivity index (χ4v) is 1.43. The van der Waals surface area contributed by atoms with E-state index in [4.69, 9.17) is 4.74 Å². The third-order valence-corrected chi connectivity index (χ3v) is 2.31. The molecule has 0 aliphatic carbocycles. The lowest BCUT2D eigenvalue weighted by atomic mass is 10.1. The Hall–Kier alpha value is -1.35. The van der Waals surface area contributed by atoms with E-state index in [-0.39, 0.29) is 0 Å². The number of pyridine rings is 1. The molecule has 3 heteroatoms. The third kappa shape index (κ3) is 1.77. The second-order valence-corrected chi connectivity index (χ2v) is 3.48. The van der Waals surface area contributed by atoms with Gasteiger partial charge in [0.1, 0.15) is 6.10 Å². The summed E-state index contributed by atoms with van der Waals surface area (Å²) in [6.07, 6.45) is 3.57. The molecule has 0 saturated carbocycles. The van der Waals surface area contributed by atoms with Crippen molar-refractivity contribution < 1.29 is 9.84 Å². The average Bonchev–Trinajstić information content (AvgIpc) is 2.71. The molecule has 1 unspecified atom stereocenters. The summed E-state index contributed by atoms with van der Waals surface area (Å²) in [6, 6.07) is 3.79. The van der Waals surface area contributed by atoms with Crippen molar-refractivity contribution in [1.29, 1.82) is 0 Å². The Morgan fingerprint density at radius 1 is 1.50 bits per heavy atom. The highest BCUT2D eigenvalue weighted by molar-refractivity contribution is 5.22. The van der Waals surface area contributed by atoms with Gasteiger partial charge in [0, 0.05) is 18.2 Å². The van der Waals surface area contributed by atoms with Gasteiger partial charge < -0.3 is 9.84 Å². The Bertz CT molecular complexity index is 343. The molecule has 14 heavy (non-hydrogen) atoms. The number of ether oxygens (including phenoxy) is 1. The number of nitrogens with zero attached hydrogens (tertiary/aromatic N) is 1. The van der Waals surface area contributed by atoms with Crippen LogP contribution in [0, 0.1) is 6.92 Å². The molecule has 1 aromatic heterocycles. The highest BCUT2D eigenvalue weighted by atomic mass is 16.5. The van der Waals surface area contributed by atoms with Crippen LogP contribution in [0.15, 0.2) is 30.2 Å². The maximum atomic E-state index is 9.90. The van der Waals surface area contributed by atoms with Crippen LogP contribution >= 0.6 is 0 Å². The van der Waals surface area contributed by atoms with Gasteiger partial charge in [0.05, 0.1) is 18.6 Å². The van der Waals surface area contributed by atoms with E-state index in [1.807, 2.05) is 19.1 Å². The first kappa shape index (κ1) is 9.21. The fourth-order valence-electron chi connectivity index (χ4n) is 1.43. The summed E-state index contributed by atoms with van der Waals surface area (Å²) in [6.45, 7) is 2.64. The molecule has 2 heterocycles. The number of aliphatic hydroxyl groups excluding tert-OH is 1. The van der Waals surface area contributed by atoms with E-state index in [1.54, 1.807) is 12.5 Å². The van der Waals surface area contributed by atoms with Crippen molar-refractivity contribution in [2.24, 2.45) is 0 Å². The standard InChI is InChI=1S/C11H13NO2/c1-8-2-3-10(12-6-8)11(13)9-4-5-14-7-9/h2-3,6-7,11,13H,4-5H2,1H3. The first-order valence-corrected chi connectivity index (χ1v) is 4.68. The highest BCUT2D eigenvalue weighted by Crippen LogP contribution is 2.25. The largest absolute Gasteiger partial charge is 0.501 e. The summed E-state index contributed by atoms with van der Waals surface area (Å²) < 4.78 is 5.07. The van der Waals surface area contributed by atoms with Crippen LogP contribution in [-0.4, -0.2) is 16.7 Å². The molecule has 1 aromatic rings. The molecule has 2 rings (SSSR count). The minimum Gasteiger partial charge on any atom is -0.501 e. The molecule has 1 atom stereocenters. The van der Waals surface area contributed by atoms with Crippen molar-refractivity contribution in [1.82, 2.24) is 4.98 Å². The van der Waals surface area contributed by atoms with Crippen molar-refractivity contribution in [3.05, 3.63) is 41.4 Å². The minimum atomic E-state index is -0.613. The van der Waals surface area contributed by atoms with E-state index in [2.05, 4.69) is 4.98 Å². The number of aromatic nitrogens is 1. The molecule has 3 nitrogen and oxygen atoms in total. The Morgan fingerprint density at radius 3 is 2.93 bits per heavy atom. The lowest BCUT2D eigenvalue weighted by molar-refractivity contribution is 0.208. The van der Waals surface area contributed by atoms with Crippen molar-refractivity contribution in [2.75, 3.05) is 6.61 Å². The fraction of sp³-hybridized carbons (Fsp3) is 0.364. The van der Waals surface area contributed by atoms with E-state index < -0.39 is 6.10 Å². The SMILES string of the molecule is Cc1ccc(C(O)C2=COCC2)nc1. The maximum Gasteiger partial charge on any atom is 0.120 e. The predicted molar refractivity (Wildman–Crippen MR) is 52.6 cm³/mol. The smallest absolute Gasteiger partial charge is 0.120 e. The summed E-state index contributed by atoms with van der Waals surface area (Å²) >= 11 is 0. The number of aryl methyl sites for hydroxylation is 1. The van der Waals surface area contributed by atoms with Crippen LogP contribution in [0.5, 0.6) is 0 Å². The van der Waals surface area contributed by atoms with Crippen molar-refractivity contribution >= 4 is 0 Å². The van der Waals surface area contributed by atoms with Crippen LogP contribution in [0.1, 0.15) is 23.8 Å². The molecule has 0 aromatic carbocycles. The third-order valence-electron chi connectivity index (χ3n) is 2.31. The van der Waals surface area contributed by atoms with Gasteiger partial charge in [0.25, 0.3) is 0 Å². The normalized spacial score (nSPS) is 17.4. The molecule has 0 bridgehead atoms. The molecule has 74 valence electrons. The number of hydrogen-bond donors (Lipinski definition) is 1. The second-order valence-electron chi connectivity index (χ2n) is 3.48. The first-order chi connectivity index (χ1) is 6.77. The van der Waals surface area contributed by atoms with Gasteiger partial charge in [-0.2, -0.15) is 0 Å². The van der Waals surface area contributed by atoms with E-state index in [0.29, 0.717) is 12.3 Å². The van der Waals surface area contributed by atoms with Crippen LogP contribution in [0.2, 0.25) is 0 Å². The van der Waals surface area contributed by atoms with Crippen molar-refractivity contribution in [2.45, 2.75) is 19.4 Å². The van der Waals surface area contributed by atoms with Gasteiger partial charge in [-0.1, -0.05) is 6.07 Å². The molecule has 0 radical (unpaired) electrons. The van der Waals surface area contributed by atoms with Gasteiger partial charge in [-0.05, 0) is 18.6 Å². The summed E-state index contributed by atoms with van der Waals surface area (Å²) in [5.41, 5.74) is 2.69. The van der Waals surface area contributed by atoms with Gasteiger partial charge in [-0.25, -0.2) is 0 Å². The Balaban J connectivity index is 2.18. The van der Waals surface area contributed by atoms with E-state index in [0.717, 1.165) is 17.6 Å². The van der Waals surface area contributed by atoms with E-state index in [9.17, 15) is 5.11 Å². The zero-order valence-corrected chi connectivity index (χ0v) is 8.10. The number of rotatable bonds is 2. The van der Waals surface area contributed by atoms with Crippen LogP contribution in [-0.2, 0) is 4.74 Å². The van der Waals surface area contributed by atoms with Crippen LogP contribution in [0.4, 0.5) is 0 Å². The molecule has 1 aliphatic rings. The van der Waals surface area contributed by atoms with Gasteiger partial charge in [0.15, 0.2) is 0 Å². The lowest BCUT2D eigenvalue weighted by Gasteiger charge is -2.09. The Kier molecular flexibility index (Phi) is 2.50. The predicted octanol–water partition coefficient (Wildman–Crippen LogP) is 1.73. The number of hydrogen-bond acceptors (Lipinski definition) is 3. The first-order valence-electron chi connectivity index (χ1n) is 4.68. The maximum absolute atomic E-state index is 9.90. The number of aliphatic hydroxyl groups is 1. The summed E-state index contributed by atoms with van der Waals surface area (Å²) in [5.74, 6) is 0. The summed E-state index contributed by atoms with van der Waals surface area (Å²) in [5, 5.41) is 9.90. The Labute approximate surface area is 83.1 Å². The van der Waals surface area contributed by atoms with Crippen molar-refractivity contribution in [3.63, 3.8) is 0 Å². The van der Waals surface area contributed by atoms with Gasteiger partial charge in [-0.3, -0.25) is 4.98 Å². The molecule has 0 fully saturated rings. The molecular weight excluding hydrogens is 178 g/mol. The summed E-state index contributed by atoms with van der Waals surface area (Å²) in [4.78, 5) is 4.18. The monoisotopic (exact) mass is 191 g/mol. The summed E-state index contributed by atoms with van der Waals surface area (Å²) in [7, 11) is 0. The molecule has 1 aliphatic heterocycles. The lowest BCUT2D eigenvalue weighted by Crippen LogP contribution is -2.02. The Morgan fingerprint density at radius 2 is 2.36 bits per heavy atom. The molecule has 0 amide bonds. The van der Waals surface area contributed by atoms with Gasteiger partial charge in [0.2, 0.25) is 0 Å². The quantitative estimate of drug-likeness (QED) is 0.774. The molecule has 0 spiro atoms. The van der Waals surface area contributed by atoms with Crippen molar-refractivity contribution in [3.8, 4) is 0 Å². The van der Waals surface area contributed by atoms with Gasteiger partial charge >= 0.3 is 0 Å². The zero-order chi connectivity index (χ0) is 9.97. The highest BCUT2D eigenvalue weighted by Gasteiger charge is 2.18. The minimum absolute atomic E-state index is 0.613. The van der Waals surface area contributed by atoms with Crippen LogP contribution in [0.25, 0.3) is 0 Å². The zero-order valence-electron chi connectivity index (χ0n) is 8.10. The van der Waals surface area contributed by atoms with Crippen LogP contribution < -0.4 is 0 Å². The van der Waals surface area contributed by atoms with E-state index >= 15 is 0 Å². The topological polar surface area (TPSA) is 42.4 Å². The van der Waals surface area contributed by atoms with Gasteiger partial charge in [-0.15, -0.1) is 0 Å². The average molecular weight is 191 g/mol. The van der Waals surface area contributed by atoms with E-state index in [1.165, 1.54) is 0 Å². The second kappa shape index (κ2) is 3.80. The molecule has 0 saturated heterocycles.